The molecule has 0 radical (unpaired) electrons. The van der Waals surface area contributed by atoms with Crippen molar-refractivity contribution >= 4 is 5.91 Å². The molecule has 27 heavy (non-hydrogen) atoms. The van der Waals surface area contributed by atoms with Crippen LogP contribution in [0.15, 0.2) is 36.9 Å². The molecule has 0 aromatic heterocycles. The lowest BCUT2D eigenvalue weighted by Crippen LogP contribution is -2.45. The maximum Gasteiger partial charge on any atom is 0.225 e. The number of hydrogen-bond acceptors (Lipinski definition) is 2. The van der Waals surface area contributed by atoms with E-state index in [1.807, 2.05) is 32.1 Å². The lowest BCUT2D eigenvalue weighted by Gasteiger charge is -2.37. The summed E-state index contributed by atoms with van der Waals surface area (Å²) in [6.07, 6.45) is 6.98. The Balaban J connectivity index is 0.00000126. The quantitative estimate of drug-likeness (QED) is 0.707. The molecule has 3 rings (SSSR count). The van der Waals surface area contributed by atoms with E-state index in [1.54, 1.807) is 0 Å². The zero-order valence-electron chi connectivity index (χ0n) is 17.0. The first-order valence-corrected chi connectivity index (χ1v) is 10.5. The molecule has 3 nitrogen and oxygen atoms in total. The third kappa shape index (κ3) is 6.46. The van der Waals surface area contributed by atoms with Crippen LogP contribution in [-0.2, 0) is 11.2 Å². The highest BCUT2D eigenvalue weighted by molar-refractivity contribution is 5.79. The zero-order valence-corrected chi connectivity index (χ0v) is 17.0. The minimum Gasteiger partial charge on any atom is -0.342 e. The number of rotatable bonds is 5. The van der Waals surface area contributed by atoms with Crippen LogP contribution in [0.25, 0.3) is 0 Å². The molecule has 0 saturated carbocycles. The Morgan fingerprint density at radius 3 is 2.22 bits per heavy atom. The fraction of sp³-hybridized carbons (Fsp3) is 0.609. The summed E-state index contributed by atoms with van der Waals surface area (Å²) in [5, 5.41) is 0. The fourth-order valence-corrected chi connectivity index (χ4v) is 4.11. The first-order valence-electron chi connectivity index (χ1n) is 10.5. The van der Waals surface area contributed by atoms with Gasteiger partial charge in [-0.3, -0.25) is 9.69 Å². The Morgan fingerprint density at radius 2 is 1.67 bits per heavy atom. The second kappa shape index (κ2) is 11.2. The Bertz CT molecular complexity index is 571. The van der Waals surface area contributed by atoms with Crippen molar-refractivity contribution in [3.63, 3.8) is 0 Å². The van der Waals surface area contributed by atoms with E-state index in [0.29, 0.717) is 11.8 Å². The van der Waals surface area contributed by atoms with Gasteiger partial charge in [0.15, 0.2) is 0 Å². The maximum atomic E-state index is 13.0. The van der Waals surface area contributed by atoms with Crippen molar-refractivity contribution in [2.75, 3.05) is 32.7 Å². The van der Waals surface area contributed by atoms with Crippen molar-refractivity contribution in [3.8, 4) is 0 Å². The van der Waals surface area contributed by atoms with Crippen molar-refractivity contribution in [2.45, 2.75) is 46.0 Å². The standard InChI is InChI=1S/C21H29FN2O.C2H6/c1-2-11-23-12-9-19(10-13-23)21(25)24-14-7-18(8-15-24)16-17-3-5-20(22)6-4-17;1-2/h2-6,18-19H,1,7-16H2;1-2H3. The van der Waals surface area contributed by atoms with E-state index in [9.17, 15) is 9.18 Å². The highest BCUT2D eigenvalue weighted by Crippen LogP contribution is 2.25. The van der Waals surface area contributed by atoms with E-state index in [0.717, 1.165) is 64.8 Å². The van der Waals surface area contributed by atoms with Gasteiger partial charge in [0.25, 0.3) is 0 Å². The van der Waals surface area contributed by atoms with E-state index in [-0.39, 0.29) is 11.7 Å². The van der Waals surface area contributed by atoms with Gasteiger partial charge in [-0.1, -0.05) is 32.1 Å². The Labute approximate surface area is 164 Å². The van der Waals surface area contributed by atoms with Crippen molar-refractivity contribution in [1.29, 1.82) is 0 Å². The maximum absolute atomic E-state index is 13.0. The van der Waals surface area contributed by atoms with Gasteiger partial charge >= 0.3 is 0 Å². The van der Waals surface area contributed by atoms with Crippen LogP contribution in [-0.4, -0.2) is 48.4 Å². The van der Waals surface area contributed by atoms with Gasteiger partial charge in [-0.2, -0.15) is 0 Å². The molecule has 4 heteroatoms. The van der Waals surface area contributed by atoms with Crippen LogP contribution >= 0.6 is 0 Å². The van der Waals surface area contributed by atoms with Gasteiger partial charge in [0.1, 0.15) is 5.82 Å². The third-order valence-electron chi connectivity index (χ3n) is 5.69. The first-order chi connectivity index (χ1) is 13.2. The molecule has 2 fully saturated rings. The normalized spacial score (nSPS) is 19.3. The lowest BCUT2D eigenvalue weighted by molar-refractivity contribution is -0.138. The van der Waals surface area contributed by atoms with Crippen molar-refractivity contribution in [2.24, 2.45) is 11.8 Å². The number of carbonyl (C=O) groups is 1. The first kappa shape index (κ1) is 21.6. The topological polar surface area (TPSA) is 23.6 Å². The molecule has 0 bridgehead atoms. The number of likely N-dealkylation sites (tertiary alicyclic amines) is 2. The Morgan fingerprint density at radius 1 is 1.07 bits per heavy atom. The summed E-state index contributed by atoms with van der Waals surface area (Å²) < 4.78 is 13.0. The molecule has 1 aromatic carbocycles. The number of halogens is 1. The minimum atomic E-state index is -0.177. The number of benzene rings is 1. The molecule has 0 atom stereocenters. The van der Waals surface area contributed by atoms with Gasteiger partial charge in [-0.25, -0.2) is 4.39 Å². The predicted octanol–water partition coefficient (Wildman–Crippen LogP) is 4.53. The smallest absolute Gasteiger partial charge is 0.225 e. The average Bonchev–Trinajstić information content (AvgIpc) is 2.72. The number of nitrogens with zero attached hydrogens (tertiary/aromatic N) is 2. The largest absolute Gasteiger partial charge is 0.342 e. The van der Waals surface area contributed by atoms with Crippen molar-refractivity contribution in [3.05, 3.63) is 48.3 Å². The number of carbonyl (C=O) groups excluding carboxylic acids is 1. The van der Waals surface area contributed by atoms with E-state index in [1.165, 1.54) is 17.7 Å². The summed E-state index contributed by atoms with van der Waals surface area (Å²) >= 11 is 0. The van der Waals surface area contributed by atoms with E-state index in [2.05, 4.69) is 16.4 Å². The predicted molar refractivity (Wildman–Crippen MR) is 110 cm³/mol. The molecular weight excluding hydrogens is 339 g/mol. The molecule has 2 heterocycles. The van der Waals surface area contributed by atoms with Gasteiger partial charge in [-0.05, 0) is 68.8 Å². The molecule has 1 aromatic rings. The number of piperidine rings is 2. The van der Waals surface area contributed by atoms with Crippen LogP contribution in [0.1, 0.15) is 45.1 Å². The van der Waals surface area contributed by atoms with Crippen LogP contribution < -0.4 is 0 Å². The van der Waals surface area contributed by atoms with E-state index in [4.69, 9.17) is 0 Å². The van der Waals surface area contributed by atoms with Crippen LogP contribution in [0.2, 0.25) is 0 Å². The molecule has 150 valence electrons. The van der Waals surface area contributed by atoms with Crippen LogP contribution in [0.3, 0.4) is 0 Å². The average molecular weight is 375 g/mol. The molecule has 0 spiro atoms. The molecule has 2 aliphatic rings. The third-order valence-corrected chi connectivity index (χ3v) is 5.69. The van der Waals surface area contributed by atoms with E-state index < -0.39 is 0 Å². The van der Waals surface area contributed by atoms with Crippen molar-refractivity contribution < 1.29 is 9.18 Å². The highest BCUT2D eigenvalue weighted by Gasteiger charge is 2.30. The molecule has 1 amide bonds. The van der Waals surface area contributed by atoms with Crippen LogP contribution in [0.5, 0.6) is 0 Å². The van der Waals surface area contributed by atoms with Gasteiger partial charge in [0, 0.05) is 25.6 Å². The van der Waals surface area contributed by atoms with Crippen LogP contribution in [0, 0.1) is 17.7 Å². The molecular formula is C23H35FN2O. The molecule has 0 N–H and O–H groups in total. The van der Waals surface area contributed by atoms with E-state index >= 15 is 0 Å². The summed E-state index contributed by atoms with van der Waals surface area (Å²) in [5.74, 6) is 0.987. The summed E-state index contributed by atoms with van der Waals surface area (Å²) in [7, 11) is 0. The summed E-state index contributed by atoms with van der Waals surface area (Å²) in [6, 6.07) is 6.83. The molecule has 0 unspecified atom stereocenters. The van der Waals surface area contributed by atoms with Gasteiger partial charge in [0.05, 0.1) is 0 Å². The van der Waals surface area contributed by atoms with Crippen LogP contribution in [0.4, 0.5) is 4.39 Å². The summed E-state index contributed by atoms with van der Waals surface area (Å²) in [4.78, 5) is 17.2. The second-order valence-electron chi connectivity index (χ2n) is 7.46. The Hall–Kier alpha value is -1.68. The fourth-order valence-electron chi connectivity index (χ4n) is 4.11. The lowest BCUT2D eigenvalue weighted by atomic mass is 9.88. The zero-order chi connectivity index (χ0) is 19.6. The minimum absolute atomic E-state index is 0.177. The molecule has 0 aliphatic carbocycles. The van der Waals surface area contributed by atoms with Gasteiger partial charge in [0.2, 0.25) is 5.91 Å². The number of hydrogen-bond donors (Lipinski definition) is 0. The number of amides is 1. The SMILES string of the molecule is C=CCN1CCC(C(=O)N2CCC(Cc3ccc(F)cc3)CC2)CC1.CC. The van der Waals surface area contributed by atoms with Crippen molar-refractivity contribution in [1.82, 2.24) is 9.80 Å². The molecule has 2 aliphatic heterocycles. The Kier molecular flexibility index (Phi) is 8.99. The highest BCUT2D eigenvalue weighted by atomic mass is 19.1. The summed E-state index contributed by atoms with van der Waals surface area (Å²) in [6.45, 7) is 12.5. The summed E-state index contributed by atoms with van der Waals surface area (Å²) in [5.41, 5.74) is 1.20. The van der Waals surface area contributed by atoms with Gasteiger partial charge < -0.3 is 4.90 Å². The monoisotopic (exact) mass is 374 g/mol. The van der Waals surface area contributed by atoms with Gasteiger partial charge in [-0.15, -0.1) is 6.58 Å². The second-order valence-corrected chi connectivity index (χ2v) is 7.46. The molecule has 2 saturated heterocycles.